The molecule has 8 aromatic rings. The summed E-state index contributed by atoms with van der Waals surface area (Å²) in [5, 5.41) is 5.01. The molecule has 0 saturated carbocycles. The van der Waals surface area contributed by atoms with Gasteiger partial charge in [0, 0.05) is 0 Å². The van der Waals surface area contributed by atoms with Crippen LogP contribution in [0.15, 0.2) is 181 Å². The van der Waals surface area contributed by atoms with Gasteiger partial charge in [0.05, 0.1) is 0 Å². The summed E-state index contributed by atoms with van der Waals surface area (Å²) in [6.45, 7) is 19.2. The number of fused-ring (bicyclic) bond motifs is 4. The van der Waals surface area contributed by atoms with E-state index in [1.54, 1.807) is 0 Å². The Morgan fingerprint density at radius 2 is 0.672 bits per heavy atom. The van der Waals surface area contributed by atoms with Crippen LogP contribution >= 0.6 is 17.2 Å². The van der Waals surface area contributed by atoms with E-state index in [1.165, 1.54) is 99.5 Å². The fourth-order valence-corrected chi connectivity index (χ4v) is 56.0. The average molecular weight is 1060 g/mol. The maximum atomic E-state index is 9.15. The van der Waals surface area contributed by atoms with Crippen LogP contribution in [0.5, 0.6) is 0 Å². The van der Waals surface area contributed by atoms with Crippen molar-refractivity contribution in [3.63, 3.8) is 0 Å². The van der Waals surface area contributed by atoms with Crippen LogP contribution in [0.2, 0.25) is 13.1 Å². The van der Waals surface area contributed by atoms with Crippen LogP contribution < -0.4 is 0 Å². The second-order valence-electron chi connectivity index (χ2n) is 20.7. The van der Waals surface area contributed by atoms with Crippen LogP contribution in [-0.4, -0.2) is 5.98 Å². The third kappa shape index (κ3) is 6.85. The molecule has 0 heterocycles. The van der Waals surface area contributed by atoms with Crippen molar-refractivity contribution < 1.29 is 15.3 Å². The Bertz CT molecular complexity index is 3010. The summed E-state index contributed by atoms with van der Waals surface area (Å²) in [7, 11) is 18.3. The average Bonchev–Trinajstić information content (AvgIpc) is 3.91. The van der Waals surface area contributed by atoms with Crippen molar-refractivity contribution in [1.29, 1.82) is 0 Å². The third-order valence-electron chi connectivity index (χ3n) is 14.7. The Hall–Kier alpha value is -4.57. The molecule has 2 aliphatic rings. The van der Waals surface area contributed by atoms with Crippen molar-refractivity contribution in [3.8, 4) is 44.5 Å². The maximum absolute atomic E-state index is 9.15. The van der Waals surface area contributed by atoms with Gasteiger partial charge in [-0.3, -0.25) is 0 Å². The number of rotatable bonds is 7. The van der Waals surface area contributed by atoms with Crippen molar-refractivity contribution in [3.05, 3.63) is 203 Å². The Morgan fingerprint density at radius 1 is 0.375 bits per heavy atom. The van der Waals surface area contributed by atoms with E-state index < -0.39 is 21.3 Å². The molecule has 0 fully saturated rings. The van der Waals surface area contributed by atoms with Crippen molar-refractivity contribution in [1.82, 2.24) is 0 Å². The predicted molar refractivity (Wildman–Crippen MR) is 281 cm³/mol. The standard InChI is InChI=1S/2C29H25.C2H7Si.2ClH.Hf/c2*1-29(2,3)22-18-21-12-9-17-27(28(21)19-22)26-15-7-6-14-25(26)24-16-8-11-20-10-4-5-13-23(20)24;1-3-2;;;/h2*4-19H,1-3H3;3H,1-2H3;2*1H;/q;;;;;+2/p-2. The molecule has 4 heteroatoms. The Balaban J connectivity index is 1.19. The van der Waals surface area contributed by atoms with Gasteiger partial charge in [0.15, 0.2) is 0 Å². The van der Waals surface area contributed by atoms with E-state index in [4.69, 9.17) is 17.2 Å². The van der Waals surface area contributed by atoms with E-state index in [0.717, 1.165) is 0 Å². The molecule has 319 valence electrons. The van der Waals surface area contributed by atoms with Gasteiger partial charge in [-0.25, -0.2) is 0 Å². The van der Waals surface area contributed by atoms with E-state index in [-0.39, 0.29) is 18.2 Å². The molecule has 0 spiro atoms. The number of hydrogen-bond donors (Lipinski definition) is 0. The molecule has 0 amide bonds. The van der Waals surface area contributed by atoms with Gasteiger partial charge in [-0.2, -0.15) is 0 Å². The molecule has 0 aliphatic heterocycles. The molecule has 0 saturated heterocycles. The number of hydrogen-bond acceptors (Lipinski definition) is 0. The summed E-state index contributed by atoms with van der Waals surface area (Å²) in [6, 6.07) is 62.7. The van der Waals surface area contributed by atoms with Gasteiger partial charge in [0.1, 0.15) is 0 Å². The van der Waals surface area contributed by atoms with Crippen LogP contribution in [0.1, 0.15) is 71.1 Å². The summed E-state index contributed by atoms with van der Waals surface area (Å²) in [6.07, 6.45) is 5.06. The predicted octanol–water partition coefficient (Wildman–Crippen LogP) is 18.3. The van der Waals surface area contributed by atoms with Crippen LogP contribution in [-0.2, 0) is 15.3 Å². The zero-order chi connectivity index (χ0) is 44.8. The number of benzene rings is 8. The van der Waals surface area contributed by atoms with Crippen molar-refractivity contribution in [2.24, 2.45) is 10.8 Å². The van der Waals surface area contributed by atoms with Gasteiger partial charge in [0.2, 0.25) is 0 Å². The van der Waals surface area contributed by atoms with Crippen LogP contribution in [0, 0.1) is 10.8 Å². The SMILES string of the molecule is C[SiH](C)[Hf]([Cl])([Cl])([CH]1C(C(C)(C)C)=Cc2c(-c3ccccc3-c3cccc4ccccc34)cccc21)[CH]1C(C(C)(C)C)=Cc2c(-c3ccccc3-c3cccc4ccccc34)cccc21. The normalized spacial score (nSPS) is 17.0. The molecule has 0 N–H and O–H groups in total. The van der Waals surface area contributed by atoms with E-state index in [2.05, 4.69) is 237 Å². The molecule has 64 heavy (non-hydrogen) atoms. The van der Waals surface area contributed by atoms with Crippen molar-refractivity contribution >= 4 is 56.8 Å². The molecule has 10 rings (SSSR count). The molecule has 2 aliphatic carbocycles. The summed E-state index contributed by atoms with van der Waals surface area (Å²) in [5.74, 6) is -1.84. The Morgan fingerprint density at radius 3 is 1.05 bits per heavy atom. The van der Waals surface area contributed by atoms with Gasteiger partial charge in [-0.05, 0) is 0 Å². The molecular weight excluding hydrogens is 998 g/mol. The van der Waals surface area contributed by atoms with E-state index >= 15 is 0 Å². The quantitative estimate of drug-likeness (QED) is 0.140. The Labute approximate surface area is 389 Å². The molecule has 0 nitrogen and oxygen atoms in total. The minimum atomic E-state index is -5.41. The first-order valence-corrected chi connectivity index (χ1v) is 45.2. The minimum absolute atomic E-state index is 0.0417. The first-order chi connectivity index (χ1) is 30.6. The summed E-state index contributed by atoms with van der Waals surface area (Å²) < 4.78 is -0.0833. The van der Waals surface area contributed by atoms with Crippen molar-refractivity contribution in [2.75, 3.05) is 0 Å². The second kappa shape index (κ2) is 15.8. The molecule has 0 bridgehead atoms. The molecule has 2 unspecified atom stereocenters. The fraction of sp³-hybridized carbons (Fsp3) is 0.200. The topological polar surface area (TPSA) is 0 Å². The second-order valence-corrected chi connectivity index (χ2v) is 80.0. The first kappa shape index (κ1) is 43.3. The molecule has 2 atom stereocenters. The zero-order valence-electron chi connectivity index (χ0n) is 38.3. The van der Waals surface area contributed by atoms with Crippen LogP contribution in [0.4, 0.5) is 0 Å². The number of halogens is 2. The summed E-state index contributed by atoms with van der Waals surface area (Å²) in [5.41, 5.74) is 17.5. The van der Waals surface area contributed by atoms with Crippen LogP contribution in [0.3, 0.4) is 0 Å². The van der Waals surface area contributed by atoms with E-state index in [0.29, 0.717) is 0 Å². The Kier molecular flexibility index (Phi) is 10.7. The van der Waals surface area contributed by atoms with Gasteiger partial charge in [0.25, 0.3) is 0 Å². The van der Waals surface area contributed by atoms with Gasteiger partial charge >= 0.3 is 393 Å². The van der Waals surface area contributed by atoms with Gasteiger partial charge < -0.3 is 0 Å². The van der Waals surface area contributed by atoms with Gasteiger partial charge in [-0.1, -0.05) is 0 Å². The monoisotopic (exact) mass is 1060 g/mol. The molecule has 8 aromatic carbocycles. The van der Waals surface area contributed by atoms with Crippen LogP contribution in [0.25, 0.3) is 78.2 Å². The first-order valence-electron chi connectivity index (χ1n) is 23.0. The fourth-order valence-electron chi connectivity index (χ4n) is 11.4. The van der Waals surface area contributed by atoms with Gasteiger partial charge in [-0.15, -0.1) is 0 Å². The third-order valence-corrected chi connectivity index (χ3v) is 87.1. The number of allylic oxidation sites excluding steroid dienone is 2. The van der Waals surface area contributed by atoms with E-state index in [1.807, 2.05) is 0 Å². The molecule has 0 radical (unpaired) electrons. The summed E-state index contributed by atoms with van der Waals surface area (Å²) in [4.78, 5) is 0. The van der Waals surface area contributed by atoms with Crippen molar-refractivity contribution in [2.45, 2.75) is 62.0 Å². The molecule has 0 aromatic heterocycles. The molecular formula is C60H57Cl2HfSi. The zero-order valence-corrected chi connectivity index (χ0v) is 44.6. The van der Waals surface area contributed by atoms with E-state index in [9.17, 15) is 0 Å². The summed E-state index contributed by atoms with van der Waals surface area (Å²) >= 11 is -5.41.